The van der Waals surface area contributed by atoms with Gasteiger partial charge in [-0.3, -0.25) is 9.59 Å². The fourth-order valence-electron chi connectivity index (χ4n) is 1.97. The second kappa shape index (κ2) is 6.00. The summed E-state index contributed by atoms with van der Waals surface area (Å²) in [5, 5.41) is 2.72. The van der Waals surface area contributed by atoms with E-state index in [1.807, 2.05) is 6.92 Å². The molecule has 0 fully saturated rings. The van der Waals surface area contributed by atoms with Crippen LogP contribution in [0.1, 0.15) is 46.0 Å². The first-order valence-electron chi connectivity index (χ1n) is 5.72. The predicted octanol–water partition coefficient (Wildman–Crippen LogP) is 2.73. The van der Waals surface area contributed by atoms with Crippen LogP contribution >= 0.6 is 15.9 Å². The van der Waals surface area contributed by atoms with Gasteiger partial charge in [0, 0.05) is 22.3 Å². The molecule has 0 saturated heterocycles. The molecule has 0 aliphatic heterocycles. The molecule has 5 heteroatoms. The largest absolute Gasteiger partial charge is 0.354 e. The molecule has 0 unspecified atom stereocenters. The Morgan fingerprint density at radius 1 is 1.44 bits per heavy atom. The first-order chi connectivity index (χ1) is 8.38. The van der Waals surface area contributed by atoms with E-state index < -0.39 is 0 Å². The normalized spacial score (nSPS) is 10.2. The Morgan fingerprint density at radius 3 is 2.50 bits per heavy atom. The Morgan fingerprint density at radius 2 is 2.06 bits per heavy atom. The van der Waals surface area contributed by atoms with E-state index in [0.717, 1.165) is 11.3 Å². The summed E-state index contributed by atoms with van der Waals surface area (Å²) < 4.78 is 0.698. The number of hydrogen-bond donors (Lipinski definition) is 2. The lowest BCUT2D eigenvalue weighted by Crippen LogP contribution is -2.25. The minimum absolute atomic E-state index is 0.0236. The molecule has 0 aliphatic rings. The molecule has 0 bridgehead atoms. The first-order valence-corrected chi connectivity index (χ1v) is 6.51. The van der Waals surface area contributed by atoms with Gasteiger partial charge in [0.15, 0.2) is 5.78 Å². The number of nitrogens with one attached hydrogen (secondary N) is 2. The SMILES string of the molecule is C=C(Br)CNC(=O)c1[nH]c(C)c(C(C)=O)c1CC. The molecule has 0 atom stereocenters. The molecule has 2 N–H and O–H groups in total. The number of ketones is 1. The minimum atomic E-state index is -0.219. The quantitative estimate of drug-likeness (QED) is 0.821. The zero-order valence-electron chi connectivity index (χ0n) is 10.8. The van der Waals surface area contributed by atoms with E-state index >= 15 is 0 Å². The molecule has 98 valence electrons. The summed E-state index contributed by atoms with van der Waals surface area (Å²) in [5.41, 5.74) is 2.61. The van der Waals surface area contributed by atoms with Gasteiger partial charge in [-0.1, -0.05) is 29.4 Å². The molecule has 1 aromatic rings. The third-order valence-corrected chi connectivity index (χ3v) is 2.94. The average Bonchev–Trinajstić information content (AvgIpc) is 2.62. The highest BCUT2D eigenvalue weighted by Crippen LogP contribution is 2.20. The van der Waals surface area contributed by atoms with Crippen molar-refractivity contribution in [2.45, 2.75) is 27.2 Å². The van der Waals surface area contributed by atoms with Gasteiger partial charge in [0.05, 0.1) is 0 Å². The van der Waals surface area contributed by atoms with Crippen molar-refractivity contribution in [3.05, 3.63) is 33.6 Å². The Kier molecular flexibility index (Phi) is 4.90. The van der Waals surface area contributed by atoms with Crippen LogP contribution in [0, 0.1) is 6.92 Å². The summed E-state index contributed by atoms with van der Waals surface area (Å²) in [6.45, 7) is 9.25. The molecule has 4 nitrogen and oxygen atoms in total. The third-order valence-electron chi connectivity index (χ3n) is 2.66. The van der Waals surface area contributed by atoms with Crippen molar-refractivity contribution in [2.75, 3.05) is 6.54 Å². The van der Waals surface area contributed by atoms with Crippen molar-refractivity contribution in [2.24, 2.45) is 0 Å². The maximum atomic E-state index is 12.0. The molecule has 0 spiro atoms. The van der Waals surface area contributed by atoms with E-state index in [-0.39, 0.29) is 11.7 Å². The average molecular weight is 313 g/mol. The van der Waals surface area contributed by atoms with Gasteiger partial charge in [-0.2, -0.15) is 0 Å². The van der Waals surface area contributed by atoms with Gasteiger partial charge < -0.3 is 10.3 Å². The molecular weight excluding hydrogens is 296 g/mol. The van der Waals surface area contributed by atoms with E-state index in [4.69, 9.17) is 0 Å². The third kappa shape index (κ3) is 3.10. The maximum absolute atomic E-state index is 12.0. The highest BCUT2D eigenvalue weighted by atomic mass is 79.9. The zero-order valence-corrected chi connectivity index (χ0v) is 12.4. The summed E-state index contributed by atoms with van der Waals surface area (Å²) in [6.07, 6.45) is 0.636. The molecule has 1 heterocycles. The molecule has 0 aromatic carbocycles. The molecule has 1 amide bonds. The first kappa shape index (κ1) is 14.7. The van der Waals surface area contributed by atoms with Crippen molar-refractivity contribution in [3.63, 3.8) is 0 Å². The highest BCUT2D eigenvalue weighted by Gasteiger charge is 2.21. The lowest BCUT2D eigenvalue weighted by atomic mass is 10.0. The Balaban J connectivity index is 3.09. The second-order valence-electron chi connectivity index (χ2n) is 4.09. The van der Waals surface area contributed by atoms with Gasteiger partial charge >= 0.3 is 0 Å². The topological polar surface area (TPSA) is 62.0 Å². The Hall–Kier alpha value is -1.36. The number of carbonyl (C=O) groups excluding carboxylic acids is 2. The number of carbonyl (C=O) groups is 2. The minimum Gasteiger partial charge on any atom is -0.354 e. The second-order valence-corrected chi connectivity index (χ2v) is 5.21. The van der Waals surface area contributed by atoms with Gasteiger partial charge in [0.25, 0.3) is 5.91 Å². The standard InChI is InChI=1S/C13H17BrN2O2/c1-5-10-11(9(4)17)8(3)16-12(10)13(18)15-6-7(2)14/h16H,2,5-6H2,1,3-4H3,(H,15,18). The van der Waals surface area contributed by atoms with Gasteiger partial charge in [0.1, 0.15) is 5.69 Å². The lowest BCUT2D eigenvalue weighted by molar-refractivity contribution is 0.0952. The van der Waals surface area contributed by atoms with E-state index in [1.54, 1.807) is 6.92 Å². The van der Waals surface area contributed by atoms with Crippen molar-refractivity contribution < 1.29 is 9.59 Å². The smallest absolute Gasteiger partial charge is 0.268 e. The number of aryl methyl sites for hydroxylation is 1. The van der Waals surface area contributed by atoms with Gasteiger partial charge in [0.2, 0.25) is 0 Å². The molecule has 0 aliphatic carbocycles. The van der Waals surface area contributed by atoms with E-state index in [1.165, 1.54) is 6.92 Å². The fourth-order valence-corrected chi connectivity index (χ4v) is 2.11. The van der Waals surface area contributed by atoms with Crippen LogP contribution in [0.3, 0.4) is 0 Å². The maximum Gasteiger partial charge on any atom is 0.268 e. The van der Waals surface area contributed by atoms with Gasteiger partial charge in [-0.05, 0) is 25.8 Å². The van der Waals surface area contributed by atoms with Crippen LogP contribution in [0.5, 0.6) is 0 Å². The number of aromatic nitrogens is 1. The number of amides is 1. The van der Waals surface area contributed by atoms with Crippen LogP contribution in [0.15, 0.2) is 11.1 Å². The van der Waals surface area contributed by atoms with Crippen molar-refractivity contribution in [1.82, 2.24) is 10.3 Å². The van der Waals surface area contributed by atoms with Crippen LogP contribution < -0.4 is 5.32 Å². The highest BCUT2D eigenvalue weighted by molar-refractivity contribution is 9.11. The lowest BCUT2D eigenvalue weighted by Gasteiger charge is -2.05. The van der Waals surface area contributed by atoms with E-state index in [9.17, 15) is 9.59 Å². The van der Waals surface area contributed by atoms with Crippen LogP contribution in [-0.4, -0.2) is 23.2 Å². The summed E-state index contributed by atoms with van der Waals surface area (Å²) in [4.78, 5) is 26.6. The van der Waals surface area contributed by atoms with Crippen LogP contribution in [0.25, 0.3) is 0 Å². The Labute approximate surface area is 115 Å². The Bertz CT molecular complexity index is 503. The number of aromatic amines is 1. The van der Waals surface area contributed by atoms with Crippen LogP contribution in [-0.2, 0) is 6.42 Å². The van der Waals surface area contributed by atoms with E-state index in [2.05, 4.69) is 32.8 Å². The van der Waals surface area contributed by atoms with Crippen molar-refractivity contribution >= 4 is 27.6 Å². The van der Waals surface area contributed by atoms with Crippen molar-refractivity contribution in [1.29, 1.82) is 0 Å². The van der Waals surface area contributed by atoms with E-state index in [0.29, 0.717) is 28.7 Å². The monoisotopic (exact) mass is 312 g/mol. The molecule has 1 aromatic heterocycles. The van der Waals surface area contributed by atoms with Gasteiger partial charge in [-0.15, -0.1) is 0 Å². The number of Topliss-reactive ketones (excluding diaryl/α,β-unsaturated/α-hetero) is 1. The predicted molar refractivity (Wildman–Crippen MR) is 75.3 cm³/mol. The molecular formula is C13H17BrN2O2. The summed E-state index contributed by atoms with van der Waals surface area (Å²) >= 11 is 3.18. The number of hydrogen-bond acceptors (Lipinski definition) is 2. The van der Waals surface area contributed by atoms with Crippen LogP contribution in [0.4, 0.5) is 0 Å². The van der Waals surface area contributed by atoms with Crippen LogP contribution in [0.2, 0.25) is 0 Å². The molecule has 18 heavy (non-hydrogen) atoms. The zero-order chi connectivity index (χ0) is 13.9. The van der Waals surface area contributed by atoms with Crippen molar-refractivity contribution in [3.8, 4) is 0 Å². The number of halogens is 1. The summed E-state index contributed by atoms with van der Waals surface area (Å²) in [5.74, 6) is -0.243. The molecule has 0 saturated carbocycles. The summed E-state index contributed by atoms with van der Waals surface area (Å²) in [6, 6.07) is 0. The molecule has 1 rings (SSSR count). The molecule has 0 radical (unpaired) electrons. The van der Waals surface area contributed by atoms with Gasteiger partial charge in [-0.25, -0.2) is 0 Å². The fraction of sp³-hybridized carbons (Fsp3) is 0.385. The number of rotatable bonds is 5. The summed E-state index contributed by atoms with van der Waals surface area (Å²) in [7, 11) is 0. The number of H-pyrrole nitrogens is 1.